The van der Waals surface area contributed by atoms with Gasteiger partial charge in [-0.3, -0.25) is 4.79 Å². The van der Waals surface area contributed by atoms with Crippen LogP contribution in [-0.2, 0) is 14.3 Å². The van der Waals surface area contributed by atoms with Crippen LogP contribution in [0.4, 0.5) is 0 Å². The van der Waals surface area contributed by atoms with Crippen LogP contribution >= 0.6 is 0 Å². The average Bonchev–Trinajstić information content (AvgIpc) is 2.24. The van der Waals surface area contributed by atoms with E-state index in [2.05, 4.69) is 0 Å². The van der Waals surface area contributed by atoms with E-state index in [1.807, 2.05) is 13.8 Å². The molecule has 1 aliphatic heterocycles. The molecule has 0 saturated carbocycles. The number of carbonyl (C=O) groups is 2. The lowest BCUT2D eigenvalue weighted by Crippen LogP contribution is -2.58. The molecule has 2 atom stereocenters. The molecule has 1 fully saturated rings. The Morgan fingerprint density at radius 1 is 1.47 bits per heavy atom. The zero-order valence-electron chi connectivity index (χ0n) is 10.9. The number of piperidine rings is 1. The van der Waals surface area contributed by atoms with E-state index in [1.54, 1.807) is 6.92 Å². The zero-order chi connectivity index (χ0) is 13.2. The number of carboxylic acid groups (broad SMARTS) is 1. The van der Waals surface area contributed by atoms with Gasteiger partial charge in [-0.05, 0) is 25.2 Å². The van der Waals surface area contributed by atoms with Gasteiger partial charge in [0.2, 0.25) is 0 Å². The van der Waals surface area contributed by atoms with Gasteiger partial charge in [-0.1, -0.05) is 13.8 Å². The third-order valence-electron chi connectivity index (χ3n) is 3.49. The SMILES string of the molecule is COC(C)C(=O)N1CCCC(C)(C)C1C(=O)O. The number of ether oxygens (including phenoxy) is 1. The Bertz CT molecular complexity index is 314. The molecular formula is C12H21NO4. The van der Waals surface area contributed by atoms with E-state index in [-0.39, 0.29) is 5.91 Å². The highest BCUT2D eigenvalue weighted by Gasteiger charge is 2.45. The van der Waals surface area contributed by atoms with Crippen molar-refractivity contribution in [3.63, 3.8) is 0 Å². The van der Waals surface area contributed by atoms with Gasteiger partial charge >= 0.3 is 5.97 Å². The molecule has 1 rings (SSSR count). The van der Waals surface area contributed by atoms with Gasteiger partial charge in [0.25, 0.3) is 5.91 Å². The van der Waals surface area contributed by atoms with E-state index in [9.17, 15) is 14.7 Å². The molecule has 0 aromatic rings. The monoisotopic (exact) mass is 243 g/mol. The van der Waals surface area contributed by atoms with Crippen LogP contribution in [0.5, 0.6) is 0 Å². The van der Waals surface area contributed by atoms with Gasteiger partial charge in [0.1, 0.15) is 12.1 Å². The molecule has 0 bridgehead atoms. The van der Waals surface area contributed by atoms with Crippen LogP contribution in [-0.4, -0.2) is 47.7 Å². The van der Waals surface area contributed by atoms with Gasteiger partial charge < -0.3 is 14.7 Å². The molecule has 0 aliphatic carbocycles. The van der Waals surface area contributed by atoms with Crippen LogP contribution in [0.1, 0.15) is 33.6 Å². The summed E-state index contributed by atoms with van der Waals surface area (Å²) < 4.78 is 4.98. The van der Waals surface area contributed by atoms with Crippen molar-refractivity contribution >= 4 is 11.9 Å². The minimum atomic E-state index is -0.939. The lowest BCUT2D eigenvalue weighted by atomic mass is 9.76. The molecule has 1 heterocycles. The molecule has 0 spiro atoms. The Balaban J connectivity index is 2.96. The Hall–Kier alpha value is -1.10. The van der Waals surface area contributed by atoms with Gasteiger partial charge in [-0.15, -0.1) is 0 Å². The van der Waals surface area contributed by atoms with E-state index in [1.165, 1.54) is 12.0 Å². The summed E-state index contributed by atoms with van der Waals surface area (Å²) in [6.45, 7) is 5.92. The van der Waals surface area contributed by atoms with Crippen molar-refractivity contribution in [3.8, 4) is 0 Å². The van der Waals surface area contributed by atoms with E-state index in [4.69, 9.17) is 4.74 Å². The van der Waals surface area contributed by atoms with Crippen LogP contribution in [0.25, 0.3) is 0 Å². The van der Waals surface area contributed by atoms with Crippen molar-refractivity contribution in [3.05, 3.63) is 0 Å². The fourth-order valence-corrected chi connectivity index (χ4v) is 2.43. The minimum Gasteiger partial charge on any atom is -0.480 e. The largest absolute Gasteiger partial charge is 0.480 e. The quantitative estimate of drug-likeness (QED) is 0.806. The maximum Gasteiger partial charge on any atom is 0.326 e. The molecule has 5 heteroatoms. The molecule has 17 heavy (non-hydrogen) atoms. The highest BCUT2D eigenvalue weighted by Crippen LogP contribution is 2.35. The second kappa shape index (κ2) is 5.04. The summed E-state index contributed by atoms with van der Waals surface area (Å²) in [5.74, 6) is -1.18. The average molecular weight is 243 g/mol. The predicted molar refractivity (Wildman–Crippen MR) is 62.6 cm³/mol. The lowest BCUT2D eigenvalue weighted by Gasteiger charge is -2.44. The van der Waals surface area contributed by atoms with Crippen molar-refractivity contribution in [1.29, 1.82) is 0 Å². The summed E-state index contributed by atoms with van der Waals surface area (Å²) in [5.41, 5.74) is -0.396. The normalized spacial score (nSPS) is 25.4. The maximum absolute atomic E-state index is 12.1. The Kier molecular flexibility index (Phi) is 4.14. The van der Waals surface area contributed by atoms with Crippen molar-refractivity contribution in [2.45, 2.75) is 45.8 Å². The molecule has 2 unspecified atom stereocenters. The lowest BCUT2D eigenvalue weighted by molar-refractivity contribution is -0.163. The second-order valence-corrected chi connectivity index (χ2v) is 5.24. The van der Waals surface area contributed by atoms with E-state index in [0.29, 0.717) is 6.54 Å². The Morgan fingerprint density at radius 2 is 2.06 bits per heavy atom. The second-order valence-electron chi connectivity index (χ2n) is 5.24. The number of aliphatic carboxylic acids is 1. The summed E-state index contributed by atoms with van der Waals surface area (Å²) in [6.07, 6.45) is 1.05. The summed E-state index contributed by atoms with van der Waals surface area (Å²) in [6, 6.07) is -0.763. The number of methoxy groups -OCH3 is 1. The number of hydrogen-bond acceptors (Lipinski definition) is 3. The van der Waals surface area contributed by atoms with Crippen molar-refractivity contribution in [2.24, 2.45) is 5.41 Å². The molecule has 0 radical (unpaired) electrons. The standard InChI is InChI=1S/C12H21NO4/c1-8(17-4)10(14)13-7-5-6-12(2,3)9(13)11(15)16/h8-9H,5-7H2,1-4H3,(H,15,16). The number of carbonyl (C=O) groups excluding carboxylic acids is 1. The smallest absolute Gasteiger partial charge is 0.326 e. The van der Waals surface area contributed by atoms with Crippen LogP contribution in [0, 0.1) is 5.41 Å². The minimum absolute atomic E-state index is 0.243. The molecule has 1 amide bonds. The van der Waals surface area contributed by atoms with E-state index in [0.717, 1.165) is 12.8 Å². The Morgan fingerprint density at radius 3 is 2.53 bits per heavy atom. The summed E-state index contributed by atoms with van der Waals surface area (Å²) in [4.78, 5) is 24.9. The molecule has 5 nitrogen and oxygen atoms in total. The van der Waals surface area contributed by atoms with Gasteiger partial charge in [0.05, 0.1) is 0 Å². The fraction of sp³-hybridized carbons (Fsp3) is 0.833. The molecule has 0 aromatic heterocycles. The van der Waals surface area contributed by atoms with E-state index < -0.39 is 23.5 Å². The third-order valence-corrected chi connectivity index (χ3v) is 3.49. The number of likely N-dealkylation sites (tertiary alicyclic amines) is 1. The summed E-state index contributed by atoms with van der Waals surface area (Å²) in [5, 5.41) is 9.31. The van der Waals surface area contributed by atoms with Gasteiger partial charge in [0.15, 0.2) is 0 Å². The van der Waals surface area contributed by atoms with Crippen LogP contribution in [0.3, 0.4) is 0 Å². The first-order chi connectivity index (χ1) is 7.81. The molecule has 1 saturated heterocycles. The molecule has 1 aliphatic rings. The van der Waals surface area contributed by atoms with Crippen LogP contribution < -0.4 is 0 Å². The predicted octanol–water partition coefficient (Wildman–Crippen LogP) is 1.12. The molecule has 1 N–H and O–H groups in total. The Labute approximate surface area is 102 Å². The zero-order valence-corrected chi connectivity index (χ0v) is 10.9. The molecule has 0 aromatic carbocycles. The first-order valence-electron chi connectivity index (χ1n) is 5.87. The topological polar surface area (TPSA) is 66.8 Å². The van der Waals surface area contributed by atoms with Crippen LogP contribution in [0.2, 0.25) is 0 Å². The first-order valence-corrected chi connectivity index (χ1v) is 5.87. The maximum atomic E-state index is 12.1. The number of amides is 1. The number of nitrogens with zero attached hydrogens (tertiary/aromatic N) is 1. The summed E-state index contributed by atoms with van der Waals surface area (Å²) >= 11 is 0. The third kappa shape index (κ3) is 2.77. The molecule has 98 valence electrons. The number of carboxylic acids is 1. The van der Waals surface area contributed by atoms with Crippen LogP contribution in [0.15, 0.2) is 0 Å². The van der Waals surface area contributed by atoms with Crippen molar-refractivity contribution in [1.82, 2.24) is 4.90 Å². The highest BCUT2D eigenvalue weighted by molar-refractivity contribution is 5.87. The first kappa shape index (κ1) is 14.0. The van der Waals surface area contributed by atoms with Gasteiger partial charge in [-0.25, -0.2) is 4.79 Å². The summed E-state index contributed by atoms with van der Waals surface area (Å²) in [7, 11) is 1.45. The van der Waals surface area contributed by atoms with Crippen molar-refractivity contribution in [2.75, 3.05) is 13.7 Å². The number of rotatable bonds is 3. The van der Waals surface area contributed by atoms with E-state index >= 15 is 0 Å². The van der Waals surface area contributed by atoms with Gasteiger partial charge in [0, 0.05) is 13.7 Å². The molecular weight excluding hydrogens is 222 g/mol. The fourth-order valence-electron chi connectivity index (χ4n) is 2.43. The van der Waals surface area contributed by atoms with Gasteiger partial charge in [-0.2, -0.15) is 0 Å². The van der Waals surface area contributed by atoms with Crippen molar-refractivity contribution < 1.29 is 19.4 Å². The highest BCUT2D eigenvalue weighted by atomic mass is 16.5. The number of hydrogen-bond donors (Lipinski definition) is 1.